The summed E-state index contributed by atoms with van der Waals surface area (Å²) in [5, 5.41) is 2.69. The van der Waals surface area contributed by atoms with Crippen LogP contribution in [0.2, 0.25) is 0 Å². The minimum absolute atomic E-state index is 0.0759. The van der Waals surface area contributed by atoms with E-state index >= 15 is 0 Å². The van der Waals surface area contributed by atoms with E-state index in [9.17, 15) is 9.18 Å². The molecular formula is C12H13FN2O2S. The maximum absolute atomic E-state index is 13.0. The number of thiazole rings is 1. The Balaban J connectivity index is 2.21. The molecule has 2 rings (SSSR count). The Morgan fingerprint density at radius 2 is 2.33 bits per heavy atom. The molecule has 2 aromatic rings. The third-order valence-electron chi connectivity index (χ3n) is 2.55. The minimum atomic E-state index is -0.435. The number of ether oxygens (including phenoxy) is 1. The van der Waals surface area contributed by atoms with Gasteiger partial charge in [0.2, 0.25) is 0 Å². The molecule has 0 N–H and O–H groups in total. The fourth-order valence-electron chi connectivity index (χ4n) is 1.48. The zero-order valence-corrected chi connectivity index (χ0v) is 10.9. The summed E-state index contributed by atoms with van der Waals surface area (Å²) in [7, 11) is 1.61. The molecule has 4 nitrogen and oxygen atoms in total. The highest BCUT2D eigenvalue weighted by molar-refractivity contribution is 7.09. The van der Waals surface area contributed by atoms with Gasteiger partial charge >= 0.3 is 0 Å². The minimum Gasteiger partial charge on any atom is -0.375 e. The van der Waals surface area contributed by atoms with Gasteiger partial charge in [0, 0.05) is 24.8 Å². The van der Waals surface area contributed by atoms with E-state index in [0.717, 1.165) is 16.8 Å². The van der Waals surface area contributed by atoms with Crippen LogP contribution in [0.5, 0.6) is 0 Å². The number of hydrogen-bond acceptors (Lipinski definition) is 4. The van der Waals surface area contributed by atoms with E-state index in [2.05, 4.69) is 4.98 Å². The van der Waals surface area contributed by atoms with E-state index in [-0.39, 0.29) is 18.2 Å². The molecule has 0 radical (unpaired) electrons. The van der Waals surface area contributed by atoms with E-state index in [1.54, 1.807) is 7.11 Å². The summed E-state index contributed by atoms with van der Waals surface area (Å²) in [6, 6.07) is 2.36. The highest BCUT2D eigenvalue weighted by Crippen LogP contribution is 2.20. The maximum Gasteiger partial charge on any atom is 0.251 e. The molecule has 0 aliphatic heterocycles. The lowest BCUT2D eigenvalue weighted by atomic mass is 10.4. The zero-order chi connectivity index (χ0) is 13.1. The lowest BCUT2D eigenvalue weighted by Crippen LogP contribution is -2.19. The standard InChI is InChI=1S/C12H13FN2O2S/c1-8(17-2)12-14-10(7-18-12)6-15-5-9(13)3-4-11(15)16/h3-5,7-8H,6H2,1-2H3/t8-/m0/s1. The van der Waals surface area contributed by atoms with Gasteiger partial charge in [0.25, 0.3) is 5.56 Å². The van der Waals surface area contributed by atoms with Crippen molar-refractivity contribution in [3.8, 4) is 0 Å². The number of halogens is 1. The van der Waals surface area contributed by atoms with Crippen LogP contribution in [0.25, 0.3) is 0 Å². The van der Waals surface area contributed by atoms with Gasteiger partial charge in [0.05, 0.1) is 12.2 Å². The first-order valence-electron chi connectivity index (χ1n) is 5.43. The van der Waals surface area contributed by atoms with Crippen molar-refractivity contribution in [3.05, 3.63) is 50.6 Å². The topological polar surface area (TPSA) is 44.1 Å². The first kappa shape index (κ1) is 12.9. The van der Waals surface area contributed by atoms with Gasteiger partial charge in [-0.25, -0.2) is 9.37 Å². The maximum atomic E-state index is 13.0. The molecule has 0 bridgehead atoms. The van der Waals surface area contributed by atoms with Gasteiger partial charge in [0.1, 0.15) is 16.9 Å². The largest absolute Gasteiger partial charge is 0.375 e. The second kappa shape index (κ2) is 5.41. The Bertz CT molecular complexity index is 594. The fourth-order valence-corrected chi connectivity index (χ4v) is 2.32. The van der Waals surface area contributed by atoms with Crippen molar-refractivity contribution in [3.63, 3.8) is 0 Å². The number of hydrogen-bond donors (Lipinski definition) is 0. The van der Waals surface area contributed by atoms with Gasteiger partial charge in [-0.05, 0) is 13.0 Å². The van der Waals surface area contributed by atoms with Crippen molar-refractivity contribution in [1.82, 2.24) is 9.55 Å². The van der Waals surface area contributed by atoms with Crippen LogP contribution >= 0.6 is 11.3 Å². The van der Waals surface area contributed by atoms with E-state index in [1.165, 1.54) is 28.2 Å². The Morgan fingerprint density at radius 1 is 1.56 bits per heavy atom. The quantitative estimate of drug-likeness (QED) is 0.854. The van der Waals surface area contributed by atoms with Gasteiger partial charge in [-0.3, -0.25) is 4.79 Å². The van der Waals surface area contributed by atoms with Crippen LogP contribution in [-0.2, 0) is 11.3 Å². The average molecular weight is 268 g/mol. The first-order chi connectivity index (χ1) is 8.60. The zero-order valence-electron chi connectivity index (χ0n) is 10.1. The predicted molar refractivity (Wildman–Crippen MR) is 67.3 cm³/mol. The van der Waals surface area contributed by atoms with Crippen LogP contribution in [0.1, 0.15) is 23.7 Å². The van der Waals surface area contributed by atoms with Crippen LogP contribution in [0.3, 0.4) is 0 Å². The predicted octanol–water partition coefficient (Wildman–Crippen LogP) is 2.20. The van der Waals surface area contributed by atoms with E-state index in [0.29, 0.717) is 0 Å². The molecule has 0 amide bonds. The van der Waals surface area contributed by atoms with Crippen LogP contribution < -0.4 is 5.56 Å². The number of pyridine rings is 1. The molecule has 0 saturated carbocycles. The third-order valence-corrected chi connectivity index (χ3v) is 3.61. The van der Waals surface area contributed by atoms with Gasteiger partial charge in [0.15, 0.2) is 0 Å². The Kier molecular flexibility index (Phi) is 3.88. The summed E-state index contributed by atoms with van der Waals surface area (Å²) >= 11 is 1.47. The Labute approximate surface area is 108 Å². The molecule has 96 valence electrons. The summed E-state index contributed by atoms with van der Waals surface area (Å²) in [5.74, 6) is -0.435. The number of aromatic nitrogens is 2. The molecule has 0 saturated heterocycles. The molecule has 2 heterocycles. The Morgan fingerprint density at radius 3 is 3.06 bits per heavy atom. The number of rotatable bonds is 4. The molecule has 0 fully saturated rings. The molecule has 0 spiro atoms. The van der Waals surface area contributed by atoms with Crippen molar-refractivity contribution >= 4 is 11.3 Å². The summed E-state index contributed by atoms with van der Waals surface area (Å²) in [5.41, 5.74) is 0.484. The van der Waals surface area contributed by atoms with E-state index < -0.39 is 5.82 Å². The normalized spacial score (nSPS) is 12.6. The van der Waals surface area contributed by atoms with Crippen molar-refractivity contribution in [2.24, 2.45) is 0 Å². The molecule has 2 aromatic heterocycles. The van der Waals surface area contributed by atoms with Crippen LogP contribution in [-0.4, -0.2) is 16.7 Å². The smallest absolute Gasteiger partial charge is 0.251 e. The lowest BCUT2D eigenvalue weighted by molar-refractivity contribution is 0.119. The SMILES string of the molecule is CO[C@@H](C)c1nc(Cn2cc(F)ccc2=O)cs1. The molecule has 0 aliphatic rings. The molecule has 6 heteroatoms. The fraction of sp³-hybridized carbons (Fsp3) is 0.333. The van der Waals surface area contributed by atoms with Crippen LogP contribution in [0.4, 0.5) is 4.39 Å². The van der Waals surface area contributed by atoms with Crippen LogP contribution in [0.15, 0.2) is 28.5 Å². The van der Waals surface area contributed by atoms with Crippen molar-refractivity contribution in [2.75, 3.05) is 7.11 Å². The molecule has 0 aromatic carbocycles. The third kappa shape index (κ3) is 2.83. The first-order valence-corrected chi connectivity index (χ1v) is 6.31. The second-order valence-electron chi connectivity index (χ2n) is 3.87. The van der Waals surface area contributed by atoms with Crippen molar-refractivity contribution in [2.45, 2.75) is 19.6 Å². The summed E-state index contributed by atoms with van der Waals surface area (Å²) < 4.78 is 19.5. The molecule has 0 aliphatic carbocycles. The molecular weight excluding hydrogens is 255 g/mol. The monoisotopic (exact) mass is 268 g/mol. The van der Waals surface area contributed by atoms with Gasteiger partial charge in [-0.15, -0.1) is 11.3 Å². The van der Waals surface area contributed by atoms with Crippen molar-refractivity contribution < 1.29 is 9.13 Å². The molecule has 1 atom stereocenters. The second-order valence-corrected chi connectivity index (χ2v) is 4.76. The highest BCUT2D eigenvalue weighted by atomic mass is 32.1. The Hall–Kier alpha value is -1.53. The van der Waals surface area contributed by atoms with Crippen molar-refractivity contribution in [1.29, 1.82) is 0 Å². The van der Waals surface area contributed by atoms with Gasteiger partial charge in [-0.2, -0.15) is 0 Å². The summed E-state index contributed by atoms with van der Waals surface area (Å²) in [4.78, 5) is 15.9. The van der Waals surface area contributed by atoms with Gasteiger partial charge < -0.3 is 9.30 Å². The molecule has 18 heavy (non-hydrogen) atoms. The number of methoxy groups -OCH3 is 1. The van der Waals surface area contributed by atoms with E-state index in [4.69, 9.17) is 4.74 Å². The van der Waals surface area contributed by atoms with Gasteiger partial charge in [-0.1, -0.05) is 0 Å². The van der Waals surface area contributed by atoms with E-state index in [1.807, 2.05) is 12.3 Å². The highest BCUT2D eigenvalue weighted by Gasteiger charge is 2.10. The average Bonchev–Trinajstić information content (AvgIpc) is 2.81. The summed E-state index contributed by atoms with van der Waals surface area (Å²) in [6.45, 7) is 2.17. The summed E-state index contributed by atoms with van der Waals surface area (Å²) in [6.07, 6.45) is 1.11. The van der Waals surface area contributed by atoms with Crippen LogP contribution in [0, 0.1) is 5.82 Å². The number of nitrogens with zero attached hydrogens (tertiary/aromatic N) is 2. The lowest BCUT2D eigenvalue weighted by Gasteiger charge is -2.04. The molecule has 0 unspecified atom stereocenters.